The van der Waals surface area contributed by atoms with Crippen LogP contribution in [0.3, 0.4) is 0 Å². The molecule has 6 atom stereocenters. The summed E-state index contributed by atoms with van der Waals surface area (Å²) in [6.45, 7) is 9.44. The molecule has 63 heavy (non-hydrogen) atoms. The number of aliphatic hydroxyl groups is 3. The van der Waals surface area contributed by atoms with Gasteiger partial charge in [-0.15, -0.1) is 0 Å². The average Bonchev–Trinajstić information content (AvgIpc) is 3.04. The fourth-order valence-corrected chi connectivity index (χ4v) is 5.36. The SMILES string of the molecule is C=C(C)C(=O)OC1C(F)(F)COC(O)(C(F)(F)F)C1(F)F.C=C(C)C(=O)OC1CCOC(O)(C(F)(F)F)C1(F)F.CC(C)C(=O)OC1(C(F)(F)F)CC(C)(C)OC(O)(C(F)(F)F)C1. The summed E-state index contributed by atoms with van der Waals surface area (Å²) in [4.78, 5) is 33.8. The van der Waals surface area contributed by atoms with Gasteiger partial charge < -0.3 is 43.7 Å². The van der Waals surface area contributed by atoms with Gasteiger partial charge in [0.2, 0.25) is 11.7 Å². The monoisotopic (exact) mass is 968 g/mol. The molecule has 3 aliphatic heterocycles. The molecular weight excluding hydrogens is 930 g/mol. The Bertz CT molecular complexity index is 1710. The minimum absolute atomic E-state index is 0.252. The van der Waals surface area contributed by atoms with Gasteiger partial charge in [-0.1, -0.05) is 27.0 Å². The molecule has 0 spiro atoms. The first-order valence-electron chi connectivity index (χ1n) is 17.1. The number of alkyl halides is 18. The Kier molecular flexibility index (Phi) is 16.4. The molecule has 0 aromatic rings. The zero-order valence-corrected chi connectivity index (χ0v) is 33.0. The van der Waals surface area contributed by atoms with Crippen molar-refractivity contribution in [2.24, 2.45) is 5.92 Å². The average molecular weight is 969 g/mol. The Morgan fingerprint density at radius 3 is 1.48 bits per heavy atom. The number of hydrogen-bond donors (Lipinski definition) is 3. The van der Waals surface area contributed by atoms with Gasteiger partial charge in [0.15, 0.2) is 6.10 Å². The van der Waals surface area contributed by atoms with Crippen LogP contribution in [-0.2, 0) is 42.8 Å². The topological polar surface area (TPSA) is 167 Å². The van der Waals surface area contributed by atoms with Gasteiger partial charge in [0, 0.05) is 24.0 Å². The molecule has 0 amide bonds. The van der Waals surface area contributed by atoms with E-state index in [1.807, 2.05) is 0 Å². The van der Waals surface area contributed by atoms with Crippen LogP contribution in [0.4, 0.5) is 79.0 Å². The molecule has 12 nitrogen and oxygen atoms in total. The summed E-state index contributed by atoms with van der Waals surface area (Å²) in [5.41, 5.74) is -6.38. The Hall–Kier alpha value is -3.61. The fraction of sp³-hybridized carbons (Fsp3) is 0.788. The number of carbonyl (C=O) groups excluding carboxylic acids is 3. The van der Waals surface area contributed by atoms with Gasteiger partial charge in [0.25, 0.3) is 5.79 Å². The van der Waals surface area contributed by atoms with E-state index in [0.29, 0.717) is 0 Å². The summed E-state index contributed by atoms with van der Waals surface area (Å²) in [5, 5.41) is 27.6. The van der Waals surface area contributed by atoms with Gasteiger partial charge in [-0.05, 0) is 27.7 Å². The van der Waals surface area contributed by atoms with Crippen LogP contribution in [0.1, 0.15) is 60.8 Å². The van der Waals surface area contributed by atoms with Gasteiger partial charge in [-0.2, -0.15) is 79.0 Å². The van der Waals surface area contributed by atoms with Crippen molar-refractivity contribution in [3.8, 4) is 0 Å². The van der Waals surface area contributed by atoms with E-state index < -0.39 is 145 Å². The van der Waals surface area contributed by atoms with Crippen molar-refractivity contribution in [1.82, 2.24) is 0 Å². The van der Waals surface area contributed by atoms with Crippen LogP contribution in [0, 0.1) is 5.92 Å². The fourth-order valence-electron chi connectivity index (χ4n) is 5.36. The third-order valence-electron chi connectivity index (χ3n) is 8.53. The van der Waals surface area contributed by atoms with Crippen LogP contribution in [0.25, 0.3) is 0 Å². The minimum atomic E-state index is -6.10. The van der Waals surface area contributed by atoms with E-state index in [1.165, 1.54) is 13.8 Å². The van der Waals surface area contributed by atoms with Crippen LogP contribution in [0.2, 0.25) is 0 Å². The highest BCUT2D eigenvalue weighted by Crippen LogP contribution is 2.55. The van der Waals surface area contributed by atoms with Gasteiger partial charge in [-0.25, -0.2) is 9.59 Å². The summed E-state index contributed by atoms with van der Waals surface area (Å²) in [6, 6.07) is 0. The van der Waals surface area contributed by atoms with Crippen molar-refractivity contribution < 1.29 is 137 Å². The van der Waals surface area contributed by atoms with Crippen molar-refractivity contribution in [3.05, 3.63) is 24.3 Å². The molecule has 0 aliphatic carbocycles. The molecule has 3 aliphatic rings. The van der Waals surface area contributed by atoms with Crippen molar-refractivity contribution in [3.63, 3.8) is 0 Å². The Balaban J connectivity index is 0.000000475. The first-order valence-corrected chi connectivity index (χ1v) is 17.1. The molecule has 3 fully saturated rings. The Labute approximate surface area is 343 Å². The van der Waals surface area contributed by atoms with E-state index in [4.69, 9.17) is 10.2 Å². The standard InChI is InChI=1S/C13H18F6O4.C10H9F7O4.C10H11F5O4/c1-7(2)8(20)22-10(12(14,15)16)5-9(3,4)23-11(21,6-10)13(17,18)19;1-4(2)5(18)21-6-7(11,12)3-20-9(19,8(6,13)14)10(15,16)17;1-5(2)7(16)19-6-3-4-18-9(17,8(6,11)12)10(13,14)15/h7,21H,5-6H2,1-4H3;6,19H,1,3H2,2H3;6,17H,1,3-4H2,2H3. The number of halogens is 18. The smallest absolute Gasteiger partial charge is 0.449 e. The molecular formula is C33H38F18O12. The van der Waals surface area contributed by atoms with Crippen molar-refractivity contribution in [2.45, 2.75) is 144 Å². The number of carbonyl (C=O) groups is 3. The normalized spacial score (nSPS) is 31.5. The predicted octanol–water partition coefficient (Wildman–Crippen LogP) is 7.13. The lowest BCUT2D eigenvalue weighted by atomic mass is 9.79. The first-order chi connectivity index (χ1) is 27.5. The quantitative estimate of drug-likeness (QED) is 0.107. The second-order valence-electron chi connectivity index (χ2n) is 15.0. The molecule has 3 rings (SSSR count). The highest BCUT2D eigenvalue weighted by molar-refractivity contribution is 5.87. The molecule has 0 aromatic carbocycles. The van der Waals surface area contributed by atoms with E-state index in [0.717, 1.165) is 27.7 Å². The van der Waals surface area contributed by atoms with Crippen LogP contribution in [-0.4, -0.2) is 130 Å². The van der Waals surface area contributed by atoms with E-state index in [-0.39, 0.29) is 5.57 Å². The highest BCUT2D eigenvalue weighted by atomic mass is 19.4. The lowest BCUT2D eigenvalue weighted by Crippen LogP contribution is -2.73. The largest absolute Gasteiger partial charge is 0.452 e. The first kappa shape index (κ1) is 57.4. The summed E-state index contributed by atoms with van der Waals surface area (Å²) in [6.07, 6.45) is -32.7. The van der Waals surface area contributed by atoms with Crippen molar-refractivity contribution >= 4 is 17.9 Å². The number of hydrogen-bond acceptors (Lipinski definition) is 12. The van der Waals surface area contributed by atoms with Crippen molar-refractivity contribution in [2.75, 3.05) is 13.2 Å². The summed E-state index contributed by atoms with van der Waals surface area (Å²) in [7, 11) is 0. The summed E-state index contributed by atoms with van der Waals surface area (Å²) < 4.78 is 259. The van der Waals surface area contributed by atoms with Gasteiger partial charge in [-0.3, -0.25) is 4.79 Å². The molecule has 3 N–H and O–H groups in total. The Morgan fingerprint density at radius 2 is 1.10 bits per heavy atom. The minimum Gasteiger partial charge on any atom is -0.452 e. The summed E-state index contributed by atoms with van der Waals surface area (Å²) >= 11 is 0. The maximum atomic E-state index is 13.7. The van der Waals surface area contributed by atoms with Gasteiger partial charge >= 0.3 is 72.0 Å². The zero-order valence-electron chi connectivity index (χ0n) is 33.0. The lowest BCUT2D eigenvalue weighted by Gasteiger charge is -2.51. The number of ether oxygens (including phenoxy) is 6. The van der Waals surface area contributed by atoms with Crippen LogP contribution in [0.15, 0.2) is 24.3 Å². The molecule has 3 saturated heterocycles. The number of esters is 3. The summed E-state index contributed by atoms with van der Waals surface area (Å²) in [5.74, 6) is -34.4. The maximum absolute atomic E-state index is 13.7. The number of rotatable bonds is 6. The van der Waals surface area contributed by atoms with E-state index in [1.54, 1.807) is 0 Å². The van der Waals surface area contributed by atoms with Crippen LogP contribution in [0.5, 0.6) is 0 Å². The lowest BCUT2D eigenvalue weighted by molar-refractivity contribution is -0.479. The van der Waals surface area contributed by atoms with E-state index >= 15 is 0 Å². The van der Waals surface area contributed by atoms with Crippen LogP contribution >= 0.6 is 0 Å². The van der Waals surface area contributed by atoms with E-state index in [2.05, 4.69) is 41.6 Å². The molecule has 0 aromatic heterocycles. The third kappa shape index (κ3) is 11.8. The second-order valence-corrected chi connectivity index (χ2v) is 15.0. The molecule has 6 unspecified atom stereocenters. The van der Waals surface area contributed by atoms with Gasteiger partial charge in [0.1, 0.15) is 6.61 Å². The van der Waals surface area contributed by atoms with Crippen LogP contribution < -0.4 is 0 Å². The second kappa shape index (κ2) is 18.0. The third-order valence-corrected chi connectivity index (χ3v) is 8.53. The van der Waals surface area contributed by atoms with Crippen molar-refractivity contribution in [1.29, 1.82) is 0 Å². The molecule has 368 valence electrons. The van der Waals surface area contributed by atoms with E-state index in [9.17, 15) is 98.5 Å². The highest BCUT2D eigenvalue weighted by Gasteiger charge is 2.82. The van der Waals surface area contributed by atoms with Gasteiger partial charge in [0.05, 0.1) is 24.5 Å². The maximum Gasteiger partial charge on any atom is 0.449 e. The molecule has 0 bridgehead atoms. The Morgan fingerprint density at radius 1 is 0.667 bits per heavy atom. The predicted molar refractivity (Wildman–Crippen MR) is 168 cm³/mol. The zero-order chi connectivity index (χ0) is 50.4. The molecule has 0 radical (unpaired) electrons. The molecule has 3 heterocycles. The molecule has 0 saturated carbocycles. The molecule has 30 heteroatoms.